The van der Waals surface area contributed by atoms with E-state index >= 15 is 0 Å². The number of aromatic nitrogens is 1. The number of ether oxygens (including phenoxy) is 1. The minimum absolute atomic E-state index is 0.110. The van der Waals surface area contributed by atoms with Gasteiger partial charge in [-0.2, -0.15) is 0 Å². The van der Waals surface area contributed by atoms with E-state index in [4.69, 9.17) is 4.74 Å². The quantitative estimate of drug-likeness (QED) is 0.761. The Balaban J connectivity index is 1.34. The van der Waals surface area contributed by atoms with E-state index in [0.717, 1.165) is 57.7 Å². The second-order valence-electron chi connectivity index (χ2n) is 8.19. The van der Waals surface area contributed by atoms with Crippen LogP contribution in [0.4, 0.5) is 5.82 Å². The molecule has 4 rings (SSSR count). The summed E-state index contributed by atoms with van der Waals surface area (Å²) in [6.07, 6.45) is 6.27. The second-order valence-corrected chi connectivity index (χ2v) is 8.19. The summed E-state index contributed by atoms with van der Waals surface area (Å²) in [5.74, 6) is 1.40. The van der Waals surface area contributed by atoms with Crippen molar-refractivity contribution >= 4 is 22.5 Å². The lowest BCUT2D eigenvalue weighted by Crippen LogP contribution is -2.51. The van der Waals surface area contributed by atoms with E-state index in [1.54, 1.807) is 7.11 Å². The van der Waals surface area contributed by atoms with E-state index in [0.29, 0.717) is 19.2 Å². The summed E-state index contributed by atoms with van der Waals surface area (Å²) in [7, 11) is 1.66. The molecule has 2 aliphatic heterocycles. The van der Waals surface area contributed by atoms with Gasteiger partial charge in [0.1, 0.15) is 5.82 Å². The number of nitrogens with one attached hydrogen (secondary N) is 1. The highest BCUT2D eigenvalue weighted by Crippen LogP contribution is 2.29. The molecule has 6 nitrogen and oxygen atoms in total. The maximum atomic E-state index is 12.5. The molecule has 1 atom stereocenters. The zero-order valence-electron chi connectivity index (χ0n) is 17.3. The van der Waals surface area contributed by atoms with Crippen LogP contribution in [0.1, 0.15) is 25.7 Å². The lowest BCUT2D eigenvalue weighted by atomic mass is 9.93. The van der Waals surface area contributed by atoms with Crippen molar-refractivity contribution in [1.29, 1.82) is 0 Å². The molecule has 0 saturated carbocycles. The molecule has 29 heavy (non-hydrogen) atoms. The Morgan fingerprint density at radius 1 is 1.17 bits per heavy atom. The first kappa shape index (κ1) is 20.1. The van der Waals surface area contributed by atoms with Crippen LogP contribution in [0.25, 0.3) is 10.8 Å². The van der Waals surface area contributed by atoms with Gasteiger partial charge >= 0.3 is 0 Å². The van der Waals surface area contributed by atoms with Crippen LogP contribution in [0.5, 0.6) is 0 Å². The largest absolute Gasteiger partial charge is 0.383 e. The highest BCUT2D eigenvalue weighted by atomic mass is 16.5. The number of piperidine rings is 2. The van der Waals surface area contributed by atoms with Gasteiger partial charge in [-0.15, -0.1) is 0 Å². The summed E-state index contributed by atoms with van der Waals surface area (Å²) in [5.41, 5.74) is 0. The van der Waals surface area contributed by atoms with E-state index in [9.17, 15) is 4.79 Å². The van der Waals surface area contributed by atoms with Crippen LogP contribution >= 0.6 is 0 Å². The van der Waals surface area contributed by atoms with Crippen LogP contribution in [-0.2, 0) is 9.53 Å². The van der Waals surface area contributed by atoms with Crippen LogP contribution in [0.15, 0.2) is 36.5 Å². The Hall–Kier alpha value is -2.18. The molecule has 2 aliphatic rings. The summed E-state index contributed by atoms with van der Waals surface area (Å²) in [5, 5.41) is 5.50. The van der Waals surface area contributed by atoms with Gasteiger partial charge in [-0.3, -0.25) is 9.69 Å². The fraction of sp³-hybridized carbons (Fsp3) is 0.565. The fourth-order valence-electron chi connectivity index (χ4n) is 4.77. The van der Waals surface area contributed by atoms with Crippen molar-refractivity contribution in [2.75, 3.05) is 51.3 Å². The van der Waals surface area contributed by atoms with E-state index in [1.807, 2.05) is 6.20 Å². The Labute approximate surface area is 173 Å². The van der Waals surface area contributed by atoms with E-state index in [1.165, 1.54) is 10.8 Å². The smallest absolute Gasteiger partial charge is 0.224 e. The number of benzene rings is 1. The van der Waals surface area contributed by atoms with Gasteiger partial charge in [0.25, 0.3) is 0 Å². The number of pyridine rings is 1. The molecule has 6 heteroatoms. The van der Waals surface area contributed by atoms with Crippen LogP contribution in [0.2, 0.25) is 0 Å². The van der Waals surface area contributed by atoms with Crippen molar-refractivity contribution in [2.45, 2.75) is 31.7 Å². The van der Waals surface area contributed by atoms with E-state index in [-0.39, 0.29) is 11.8 Å². The zero-order valence-corrected chi connectivity index (χ0v) is 17.3. The highest BCUT2D eigenvalue weighted by molar-refractivity contribution is 5.92. The minimum atomic E-state index is 0.110. The van der Waals surface area contributed by atoms with Gasteiger partial charge in [0.2, 0.25) is 5.91 Å². The van der Waals surface area contributed by atoms with E-state index < -0.39 is 0 Å². The van der Waals surface area contributed by atoms with Gasteiger partial charge in [0.15, 0.2) is 0 Å². The fourth-order valence-corrected chi connectivity index (χ4v) is 4.77. The number of amides is 1. The third-order valence-corrected chi connectivity index (χ3v) is 6.36. The van der Waals surface area contributed by atoms with Gasteiger partial charge in [-0.05, 0) is 43.7 Å². The van der Waals surface area contributed by atoms with Crippen molar-refractivity contribution in [3.63, 3.8) is 0 Å². The summed E-state index contributed by atoms with van der Waals surface area (Å²) in [4.78, 5) is 22.1. The third kappa shape index (κ3) is 4.70. The lowest BCUT2D eigenvalue weighted by molar-refractivity contribution is -0.127. The van der Waals surface area contributed by atoms with Crippen LogP contribution in [0, 0.1) is 5.92 Å². The number of nitrogens with zero attached hydrogens (tertiary/aromatic N) is 3. The van der Waals surface area contributed by atoms with Crippen molar-refractivity contribution in [2.24, 2.45) is 5.92 Å². The number of hydrogen-bond acceptors (Lipinski definition) is 5. The maximum absolute atomic E-state index is 12.5. The van der Waals surface area contributed by atoms with Crippen LogP contribution in [-0.4, -0.2) is 68.3 Å². The van der Waals surface area contributed by atoms with Crippen LogP contribution < -0.4 is 10.2 Å². The van der Waals surface area contributed by atoms with Gasteiger partial charge in [-0.25, -0.2) is 4.98 Å². The molecule has 2 saturated heterocycles. The topological polar surface area (TPSA) is 57.7 Å². The summed E-state index contributed by atoms with van der Waals surface area (Å²) in [6.45, 7) is 5.21. The van der Waals surface area contributed by atoms with Crippen molar-refractivity contribution in [1.82, 2.24) is 15.2 Å². The summed E-state index contributed by atoms with van der Waals surface area (Å²) < 4.78 is 5.03. The number of anilines is 1. The minimum Gasteiger partial charge on any atom is -0.383 e. The van der Waals surface area contributed by atoms with Crippen LogP contribution in [0.3, 0.4) is 0 Å². The number of likely N-dealkylation sites (tertiary alicyclic amines) is 1. The molecule has 1 aromatic carbocycles. The first-order valence-corrected chi connectivity index (χ1v) is 10.9. The Morgan fingerprint density at radius 2 is 2.00 bits per heavy atom. The first-order chi connectivity index (χ1) is 14.3. The Morgan fingerprint density at radius 3 is 2.83 bits per heavy atom. The Bertz CT molecular complexity index is 814. The normalized spacial score (nSPS) is 21.4. The molecular formula is C23H32N4O2. The number of carbonyl (C=O) groups excluding carboxylic acids is 1. The van der Waals surface area contributed by atoms with Gasteiger partial charge in [-0.1, -0.05) is 24.3 Å². The first-order valence-electron chi connectivity index (χ1n) is 10.9. The third-order valence-electron chi connectivity index (χ3n) is 6.36. The van der Waals surface area contributed by atoms with E-state index in [2.05, 4.69) is 50.4 Å². The number of rotatable bonds is 6. The standard InChI is InChI=1S/C23H32N4O2/c1-29-16-12-25-23(28)19-6-4-13-27(17-19)20-9-14-26(15-10-20)22-21-7-3-2-5-18(21)8-11-24-22/h2-3,5,7-8,11,19-20H,4,6,9-10,12-17H2,1H3,(H,25,28)/t19-/m0/s1. The molecule has 0 bridgehead atoms. The Kier molecular flexibility index (Phi) is 6.62. The SMILES string of the molecule is COCCNC(=O)[C@H]1CCCN(C2CCN(c3nccc4ccccc34)CC2)C1. The second kappa shape index (κ2) is 9.55. The molecule has 0 unspecified atom stereocenters. The van der Waals surface area contributed by atoms with Crippen molar-refractivity contribution < 1.29 is 9.53 Å². The average molecular weight is 397 g/mol. The van der Waals surface area contributed by atoms with Gasteiger partial charge in [0, 0.05) is 50.9 Å². The molecule has 2 aromatic rings. The molecule has 1 N–H and O–H groups in total. The molecule has 1 amide bonds. The molecule has 0 radical (unpaired) electrons. The van der Waals surface area contributed by atoms with Gasteiger partial charge < -0.3 is 15.0 Å². The molecular weight excluding hydrogens is 364 g/mol. The molecule has 2 fully saturated rings. The summed E-state index contributed by atoms with van der Waals surface area (Å²) in [6, 6.07) is 11.1. The van der Waals surface area contributed by atoms with Crippen molar-refractivity contribution in [3.05, 3.63) is 36.5 Å². The molecule has 3 heterocycles. The monoisotopic (exact) mass is 396 g/mol. The predicted molar refractivity (Wildman–Crippen MR) is 116 cm³/mol. The number of fused-ring (bicyclic) bond motifs is 1. The molecule has 156 valence electrons. The van der Waals surface area contributed by atoms with Crippen molar-refractivity contribution in [3.8, 4) is 0 Å². The molecule has 0 aliphatic carbocycles. The number of methoxy groups -OCH3 is 1. The molecule has 1 aromatic heterocycles. The lowest BCUT2D eigenvalue weighted by Gasteiger charge is -2.42. The highest BCUT2D eigenvalue weighted by Gasteiger charge is 2.32. The number of hydrogen-bond donors (Lipinski definition) is 1. The predicted octanol–water partition coefficient (Wildman–Crippen LogP) is 2.68. The van der Waals surface area contributed by atoms with Gasteiger partial charge in [0.05, 0.1) is 12.5 Å². The summed E-state index contributed by atoms with van der Waals surface area (Å²) >= 11 is 0. The number of carbonyl (C=O) groups is 1. The zero-order chi connectivity index (χ0) is 20.1. The maximum Gasteiger partial charge on any atom is 0.224 e. The molecule has 0 spiro atoms. The average Bonchev–Trinajstić information content (AvgIpc) is 2.79.